The largest absolute Gasteiger partial charge is 0.396 e. The van der Waals surface area contributed by atoms with Crippen LogP contribution < -0.4 is 0 Å². The predicted molar refractivity (Wildman–Crippen MR) is 94.6 cm³/mol. The third-order valence-electron chi connectivity index (χ3n) is 2.93. The van der Waals surface area contributed by atoms with E-state index in [2.05, 4.69) is 48.5 Å². The molecule has 0 unspecified atom stereocenters. The molecule has 0 saturated carbocycles. The summed E-state index contributed by atoms with van der Waals surface area (Å²) in [6.45, 7) is 8.29. The van der Waals surface area contributed by atoms with Gasteiger partial charge in [-0.05, 0) is 36.0 Å². The van der Waals surface area contributed by atoms with Gasteiger partial charge in [-0.15, -0.1) is 0 Å². The van der Waals surface area contributed by atoms with Gasteiger partial charge in [0.15, 0.2) is 0 Å². The lowest BCUT2D eigenvalue weighted by Crippen LogP contribution is -1.88. The first-order chi connectivity index (χ1) is 10.4. The molecule has 1 N–H and O–H groups in total. The monoisotopic (exact) mass is 286 g/mol. The number of benzene rings is 2. The molecule has 0 saturated heterocycles. The summed E-state index contributed by atoms with van der Waals surface area (Å²) in [4.78, 5) is 0. The molecular weight excluding hydrogens is 256 g/mol. The van der Waals surface area contributed by atoms with Gasteiger partial charge in [-0.3, -0.25) is 0 Å². The molecule has 2 aromatic rings. The second-order valence-corrected chi connectivity index (χ2v) is 4.24. The van der Waals surface area contributed by atoms with Crippen molar-refractivity contribution in [3.63, 3.8) is 0 Å². The van der Waals surface area contributed by atoms with Crippen molar-refractivity contribution < 1.29 is 5.11 Å². The normalized spacial score (nSPS) is 9.00. The Balaban J connectivity index is 0.000000921. The number of hydrogen-bond acceptors (Lipinski definition) is 1. The number of hydrogen-bond donors (Lipinski definition) is 1. The Labute approximate surface area is 130 Å². The Kier molecular flexibility index (Phi) is 12.4. The lowest BCUT2D eigenvalue weighted by atomic mass is 10.0. The summed E-state index contributed by atoms with van der Waals surface area (Å²) in [5.74, 6) is 0. The van der Waals surface area contributed by atoms with E-state index in [1.54, 1.807) is 0 Å². The van der Waals surface area contributed by atoms with Crippen LogP contribution in [0.1, 0.15) is 46.1 Å². The third-order valence-corrected chi connectivity index (χ3v) is 2.93. The number of aliphatic hydroxyl groups is 1. The van der Waals surface area contributed by atoms with Crippen molar-refractivity contribution in [3.05, 3.63) is 60.2 Å². The molecule has 2 aromatic carbocycles. The molecule has 1 nitrogen and oxygen atoms in total. The first-order valence-electron chi connectivity index (χ1n) is 8.15. The van der Waals surface area contributed by atoms with Crippen molar-refractivity contribution in [1.29, 1.82) is 0 Å². The van der Waals surface area contributed by atoms with Crippen molar-refractivity contribution in [2.45, 2.75) is 47.0 Å². The van der Waals surface area contributed by atoms with Crippen molar-refractivity contribution in [1.82, 2.24) is 0 Å². The maximum Gasteiger partial charge on any atom is 0.0431 e. The van der Waals surface area contributed by atoms with Crippen LogP contribution in [-0.2, 0) is 6.42 Å². The van der Waals surface area contributed by atoms with Crippen LogP contribution in [0.4, 0.5) is 0 Å². The van der Waals surface area contributed by atoms with Gasteiger partial charge >= 0.3 is 0 Å². The summed E-state index contributed by atoms with van der Waals surface area (Å²) < 4.78 is 0. The first kappa shape index (κ1) is 19.4. The molecule has 0 atom stereocenters. The highest BCUT2D eigenvalue weighted by Gasteiger charge is 1.97. The molecule has 2 rings (SSSR count). The molecule has 0 aromatic heterocycles. The second kappa shape index (κ2) is 13.4. The fourth-order valence-corrected chi connectivity index (χ4v) is 1.94. The molecule has 0 bridgehead atoms. The molecule has 0 spiro atoms. The predicted octanol–water partition coefficient (Wildman–Crippen LogP) is 5.72. The van der Waals surface area contributed by atoms with E-state index in [-0.39, 0.29) is 0 Å². The highest BCUT2D eigenvalue weighted by atomic mass is 16.2. The van der Waals surface area contributed by atoms with Gasteiger partial charge in [0.1, 0.15) is 0 Å². The Hall–Kier alpha value is -1.60. The lowest BCUT2D eigenvalue weighted by molar-refractivity contribution is 0.284. The fraction of sp³-hybridized carbons (Fsp3) is 0.400. The van der Waals surface area contributed by atoms with E-state index >= 15 is 0 Å². The molecule has 0 aliphatic carbocycles. The van der Waals surface area contributed by atoms with E-state index in [4.69, 9.17) is 5.11 Å². The van der Waals surface area contributed by atoms with Gasteiger partial charge in [0.05, 0.1) is 0 Å². The maximum atomic E-state index is 8.74. The van der Waals surface area contributed by atoms with Gasteiger partial charge < -0.3 is 5.11 Å². The molecule has 0 heterocycles. The zero-order valence-corrected chi connectivity index (χ0v) is 14.0. The highest BCUT2D eigenvalue weighted by Crippen LogP contribution is 2.19. The SMILES string of the molecule is CC.CC.OCCCCc1ccc(-c2ccccc2)cc1. The average Bonchev–Trinajstić information content (AvgIpc) is 2.60. The molecule has 0 aliphatic rings. The number of unbranched alkanes of at least 4 members (excludes halogenated alkanes) is 1. The molecule has 1 heteroatoms. The lowest BCUT2D eigenvalue weighted by Gasteiger charge is -2.04. The van der Waals surface area contributed by atoms with Crippen molar-refractivity contribution in [3.8, 4) is 11.1 Å². The minimum Gasteiger partial charge on any atom is -0.396 e. The van der Waals surface area contributed by atoms with Gasteiger partial charge in [-0.1, -0.05) is 82.3 Å². The Morgan fingerprint density at radius 2 is 1.19 bits per heavy atom. The second-order valence-electron chi connectivity index (χ2n) is 4.24. The van der Waals surface area contributed by atoms with Crippen LogP contribution in [0.3, 0.4) is 0 Å². The van der Waals surface area contributed by atoms with Crippen molar-refractivity contribution >= 4 is 0 Å². The first-order valence-corrected chi connectivity index (χ1v) is 8.15. The number of aryl methyl sites for hydroxylation is 1. The van der Waals surface area contributed by atoms with Crippen LogP contribution in [0, 0.1) is 0 Å². The molecule has 0 radical (unpaired) electrons. The summed E-state index contributed by atoms with van der Waals surface area (Å²) in [6.07, 6.45) is 3.00. The quantitative estimate of drug-likeness (QED) is 0.697. The zero-order chi connectivity index (χ0) is 15.9. The van der Waals surface area contributed by atoms with E-state index in [0.717, 1.165) is 19.3 Å². The van der Waals surface area contributed by atoms with Crippen molar-refractivity contribution in [2.75, 3.05) is 6.61 Å². The number of aliphatic hydroxyl groups excluding tert-OH is 1. The van der Waals surface area contributed by atoms with Crippen LogP contribution in [-0.4, -0.2) is 11.7 Å². The Morgan fingerprint density at radius 1 is 0.667 bits per heavy atom. The minimum atomic E-state index is 0.294. The average molecular weight is 286 g/mol. The summed E-state index contributed by atoms with van der Waals surface area (Å²) in [5, 5.41) is 8.74. The summed E-state index contributed by atoms with van der Waals surface area (Å²) in [5.41, 5.74) is 3.86. The highest BCUT2D eigenvalue weighted by molar-refractivity contribution is 5.63. The molecule has 21 heavy (non-hydrogen) atoms. The Bertz CT molecular complexity index is 431. The van der Waals surface area contributed by atoms with Crippen LogP contribution >= 0.6 is 0 Å². The van der Waals surface area contributed by atoms with E-state index in [1.807, 2.05) is 33.8 Å². The van der Waals surface area contributed by atoms with Gasteiger partial charge in [0.25, 0.3) is 0 Å². The van der Waals surface area contributed by atoms with Crippen LogP contribution in [0.25, 0.3) is 11.1 Å². The maximum absolute atomic E-state index is 8.74. The molecular formula is C20H30O. The van der Waals surface area contributed by atoms with E-state index < -0.39 is 0 Å². The summed E-state index contributed by atoms with van der Waals surface area (Å²) in [6, 6.07) is 19.1. The number of rotatable bonds is 5. The van der Waals surface area contributed by atoms with Crippen LogP contribution in [0.2, 0.25) is 0 Å². The van der Waals surface area contributed by atoms with Gasteiger partial charge in [-0.2, -0.15) is 0 Å². The topological polar surface area (TPSA) is 20.2 Å². The zero-order valence-electron chi connectivity index (χ0n) is 14.0. The minimum absolute atomic E-state index is 0.294. The fourth-order valence-electron chi connectivity index (χ4n) is 1.94. The molecule has 0 amide bonds. The molecule has 0 fully saturated rings. The smallest absolute Gasteiger partial charge is 0.0431 e. The van der Waals surface area contributed by atoms with Crippen LogP contribution in [0.15, 0.2) is 54.6 Å². The van der Waals surface area contributed by atoms with Gasteiger partial charge in [0, 0.05) is 6.61 Å². The molecule has 0 aliphatic heterocycles. The Morgan fingerprint density at radius 3 is 1.71 bits per heavy atom. The van der Waals surface area contributed by atoms with Gasteiger partial charge in [-0.25, -0.2) is 0 Å². The van der Waals surface area contributed by atoms with E-state index in [9.17, 15) is 0 Å². The van der Waals surface area contributed by atoms with Crippen LogP contribution in [0.5, 0.6) is 0 Å². The third kappa shape index (κ3) is 7.67. The van der Waals surface area contributed by atoms with Crippen molar-refractivity contribution in [2.24, 2.45) is 0 Å². The summed E-state index contributed by atoms with van der Waals surface area (Å²) >= 11 is 0. The van der Waals surface area contributed by atoms with E-state index in [1.165, 1.54) is 16.7 Å². The van der Waals surface area contributed by atoms with Gasteiger partial charge in [0.2, 0.25) is 0 Å². The summed E-state index contributed by atoms with van der Waals surface area (Å²) in [7, 11) is 0. The van der Waals surface area contributed by atoms with E-state index in [0.29, 0.717) is 6.61 Å². The molecule has 116 valence electrons. The standard InChI is InChI=1S/C16H18O.2C2H6/c17-13-5-4-6-14-9-11-16(12-10-14)15-7-2-1-3-8-15;2*1-2/h1-3,7-12,17H,4-6,13H2;2*1-2H3.